The Morgan fingerprint density at radius 2 is 1.62 bits per heavy atom. The lowest BCUT2D eigenvalue weighted by molar-refractivity contribution is -0.120. The first kappa shape index (κ1) is 15.8. The van der Waals surface area contributed by atoms with Gasteiger partial charge in [0, 0.05) is 24.2 Å². The van der Waals surface area contributed by atoms with Gasteiger partial charge in [-0.05, 0) is 11.6 Å². The van der Waals surface area contributed by atoms with E-state index in [-0.39, 0.29) is 18.2 Å². The molecule has 0 aliphatic rings. The number of nitrogens with one attached hydrogen (secondary N) is 2. The third kappa shape index (κ3) is 3.63. The number of furan rings is 1. The maximum Gasteiger partial charge on any atom is 0.227 e. The topological polar surface area (TPSA) is 71.3 Å². The predicted molar refractivity (Wildman–Crippen MR) is 92.5 cm³/mol. The minimum absolute atomic E-state index is 0.118. The maximum absolute atomic E-state index is 12.2. The van der Waals surface area contributed by atoms with E-state index in [0.29, 0.717) is 18.2 Å². The minimum Gasteiger partial charge on any atom is -0.443 e. The van der Waals surface area contributed by atoms with Crippen LogP contribution in [0.1, 0.15) is 18.2 Å². The molecular formula is C19H18N2O3. The molecule has 3 aromatic rings. The number of hydrogen-bond acceptors (Lipinski definition) is 3. The second-order valence-electron chi connectivity index (χ2n) is 5.52. The largest absolute Gasteiger partial charge is 0.443 e. The number of amides is 2. The van der Waals surface area contributed by atoms with E-state index in [1.165, 1.54) is 6.92 Å². The second kappa shape index (κ2) is 7.00. The quantitative estimate of drug-likeness (QED) is 0.757. The third-order valence-electron chi connectivity index (χ3n) is 3.64. The van der Waals surface area contributed by atoms with Crippen LogP contribution in [0.15, 0.2) is 59.0 Å². The fourth-order valence-electron chi connectivity index (χ4n) is 2.55. The lowest BCUT2D eigenvalue weighted by Gasteiger charge is -2.04. The van der Waals surface area contributed by atoms with Crippen LogP contribution >= 0.6 is 0 Å². The van der Waals surface area contributed by atoms with E-state index >= 15 is 0 Å². The lowest BCUT2D eigenvalue weighted by Crippen LogP contribution is -2.24. The molecule has 0 aliphatic heterocycles. The molecule has 0 saturated carbocycles. The van der Waals surface area contributed by atoms with Gasteiger partial charge in [-0.3, -0.25) is 14.9 Å². The van der Waals surface area contributed by atoms with Crippen molar-refractivity contribution in [1.82, 2.24) is 5.32 Å². The van der Waals surface area contributed by atoms with Gasteiger partial charge in [-0.25, -0.2) is 0 Å². The fourth-order valence-corrected chi connectivity index (χ4v) is 2.55. The molecule has 0 fully saturated rings. The Labute approximate surface area is 139 Å². The number of benzene rings is 2. The Hall–Kier alpha value is -3.08. The van der Waals surface area contributed by atoms with Crippen LogP contribution in [0.3, 0.4) is 0 Å². The monoisotopic (exact) mass is 322 g/mol. The van der Waals surface area contributed by atoms with Crippen molar-refractivity contribution in [3.63, 3.8) is 0 Å². The Bertz CT molecular complexity index is 869. The van der Waals surface area contributed by atoms with Gasteiger partial charge in [0.1, 0.15) is 5.76 Å². The molecule has 0 radical (unpaired) electrons. The fraction of sp³-hybridized carbons (Fsp3) is 0.158. The average Bonchev–Trinajstić information content (AvgIpc) is 2.91. The highest BCUT2D eigenvalue weighted by Gasteiger charge is 2.16. The molecule has 24 heavy (non-hydrogen) atoms. The van der Waals surface area contributed by atoms with E-state index in [1.807, 2.05) is 54.6 Å². The van der Waals surface area contributed by atoms with Gasteiger partial charge in [-0.2, -0.15) is 0 Å². The van der Waals surface area contributed by atoms with Crippen LogP contribution in [0.25, 0.3) is 10.8 Å². The zero-order valence-electron chi connectivity index (χ0n) is 13.3. The smallest absolute Gasteiger partial charge is 0.227 e. The summed E-state index contributed by atoms with van der Waals surface area (Å²) >= 11 is 0. The van der Waals surface area contributed by atoms with Gasteiger partial charge in [-0.15, -0.1) is 0 Å². The zero-order chi connectivity index (χ0) is 16.9. The van der Waals surface area contributed by atoms with E-state index in [1.54, 1.807) is 0 Å². The van der Waals surface area contributed by atoms with E-state index in [9.17, 15) is 9.59 Å². The van der Waals surface area contributed by atoms with Crippen molar-refractivity contribution in [2.24, 2.45) is 0 Å². The van der Waals surface area contributed by atoms with Gasteiger partial charge in [0.25, 0.3) is 0 Å². The minimum atomic E-state index is -0.213. The third-order valence-corrected chi connectivity index (χ3v) is 3.64. The molecular weight excluding hydrogens is 304 g/mol. The molecule has 5 heteroatoms. The summed E-state index contributed by atoms with van der Waals surface area (Å²) in [5, 5.41) is 7.16. The van der Waals surface area contributed by atoms with Crippen molar-refractivity contribution in [2.45, 2.75) is 19.9 Å². The Kier molecular flexibility index (Phi) is 4.61. The van der Waals surface area contributed by atoms with Gasteiger partial charge in [0.05, 0.1) is 6.42 Å². The highest BCUT2D eigenvalue weighted by atomic mass is 16.4. The SMILES string of the molecule is CC(=O)Nc1oc(CC(=O)NCc2ccccc2)c2ccccc12. The molecule has 0 saturated heterocycles. The van der Waals surface area contributed by atoms with Crippen LogP contribution in [0.2, 0.25) is 0 Å². The summed E-state index contributed by atoms with van der Waals surface area (Å²) in [5.74, 6) is 0.575. The van der Waals surface area contributed by atoms with Crippen molar-refractivity contribution < 1.29 is 14.0 Å². The highest BCUT2D eigenvalue weighted by molar-refractivity contribution is 6.01. The summed E-state index contributed by atoms with van der Waals surface area (Å²) < 4.78 is 5.71. The molecule has 0 aliphatic carbocycles. The van der Waals surface area contributed by atoms with Crippen molar-refractivity contribution >= 4 is 28.5 Å². The van der Waals surface area contributed by atoms with E-state index in [4.69, 9.17) is 4.42 Å². The van der Waals surface area contributed by atoms with Gasteiger partial charge in [0.15, 0.2) is 0 Å². The zero-order valence-corrected chi connectivity index (χ0v) is 13.3. The lowest BCUT2D eigenvalue weighted by atomic mass is 10.1. The van der Waals surface area contributed by atoms with Crippen molar-refractivity contribution in [3.05, 3.63) is 65.9 Å². The summed E-state index contributed by atoms with van der Waals surface area (Å²) in [5.41, 5.74) is 1.04. The number of carbonyl (C=O) groups is 2. The molecule has 0 bridgehead atoms. The number of fused-ring (bicyclic) bond motifs is 1. The number of anilines is 1. The van der Waals surface area contributed by atoms with Crippen LogP contribution in [-0.2, 0) is 22.6 Å². The van der Waals surface area contributed by atoms with Gasteiger partial charge in [-0.1, -0.05) is 48.5 Å². The highest BCUT2D eigenvalue weighted by Crippen LogP contribution is 2.30. The molecule has 2 aromatic carbocycles. The first-order valence-electron chi connectivity index (χ1n) is 7.72. The maximum atomic E-state index is 12.2. The van der Waals surface area contributed by atoms with Gasteiger partial charge in [0.2, 0.25) is 17.7 Å². The van der Waals surface area contributed by atoms with E-state index in [2.05, 4.69) is 10.6 Å². The molecule has 2 amide bonds. The van der Waals surface area contributed by atoms with Gasteiger partial charge < -0.3 is 9.73 Å². The molecule has 2 N–H and O–H groups in total. The van der Waals surface area contributed by atoms with Crippen LogP contribution in [0, 0.1) is 0 Å². The molecule has 0 unspecified atom stereocenters. The first-order chi connectivity index (χ1) is 11.6. The van der Waals surface area contributed by atoms with Gasteiger partial charge >= 0.3 is 0 Å². The predicted octanol–water partition coefficient (Wildman–Crippen LogP) is 3.25. The standard InChI is InChI=1S/C19H18N2O3/c1-13(22)21-19-16-10-6-5-9-15(16)17(24-19)11-18(23)20-12-14-7-3-2-4-8-14/h2-10H,11-12H2,1H3,(H,20,23)(H,21,22). The Morgan fingerprint density at radius 1 is 0.958 bits per heavy atom. The van der Waals surface area contributed by atoms with Crippen LogP contribution in [0.4, 0.5) is 5.88 Å². The summed E-state index contributed by atoms with van der Waals surface area (Å²) in [4.78, 5) is 23.5. The molecule has 1 aromatic heterocycles. The van der Waals surface area contributed by atoms with Crippen molar-refractivity contribution in [3.8, 4) is 0 Å². The second-order valence-corrected chi connectivity index (χ2v) is 5.52. The van der Waals surface area contributed by atoms with E-state index < -0.39 is 0 Å². The first-order valence-corrected chi connectivity index (χ1v) is 7.72. The summed E-state index contributed by atoms with van der Waals surface area (Å²) in [7, 11) is 0. The van der Waals surface area contributed by atoms with Crippen LogP contribution < -0.4 is 10.6 Å². The van der Waals surface area contributed by atoms with Crippen LogP contribution in [-0.4, -0.2) is 11.8 Å². The normalized spacial score (nSPS) is 10.5. The molecule has 5 nitrogen and oxygen atoms in total. The van der Waals surface area contributed by atoms with Crippen molar-refractivity contribution in [1.29, 1.82) is 0 Å². The Balaban J connectivity index is 1.74. The number of rotatable bonds is 5. The summed E-state index contributed by atoms with van der Waals surface area (Å²) in [6, 6.07) is 17.2. The average molecular weight is 322 g/mol. The molecule has 0 spiro atoms. The van der Waals surface area contributed by atoms with Crippen LogP contribution in [0.5, 0.6) is 0 Å². The summed E-state index contributed by atoms with van der Waals surface area (Å²) in [6.45, 7) is 1.89. The molecule has 122 valence electrons. The summed E-state index contributed by atoms with van der Waals surface area (Å²) in [6.07, 6.45) is 0.118. The van der Waals surface area contributed by atoms with E-state index in [0.717, 1.165) is 16.3 Å². The van der Waals surface area contributed by atoms with Crippen molar-refractivity contribution in [2.75, 3.05) is 5.32 Å². The Morgan fingerprint density at radius 3 is 2.33 bits per heavy atom. The molecule has 3 rings (SSSR count). The number of carbonyl (C=O) groups excluding carboxylic acids is 2. The number of hydrogen-bond donors (Lipinski definition) is 2. The molecule has 1 heterocycles. The molecule has 0 atom stereocenters.